The molecule has 35 heavy (non-hydrogen) atoms. The number of aryl methyl sites for hydroxylation is 1. The first kappa shape index (κ1) is 23.6. The first-order valence-corrected chi connectivity index (χ1v) is 10.9. The normalized spacial score (nSPS) is 12.6. The zero-order valence-electron chi connectivity index (χ0n) is 20.1. The van der Waals surface area contributed by atoms with Gasteiger partial charge in [-0.3, -0.25) is 14.6 Å². The Labute approximate surface area is 204 Å². The second kappa shape index (κ2) is 9.76. The Bertz CT molecular complexity index is 1280. The van der Waals surface area contributed by atoms with E-state index in [-0.39, 0.29) is 11.9 Å². The van der Waals surface area contributed by atoms with E-state index in [0.29, 0.717) is 40.9 Å². The summed E-state index contributed by atoms with van der Waals surface area (Å²) >= 11 is 0. The van der Waals surface area contributed by atoms with Crippen LogP contribution in [0.3, 0.4) is 0 Å². The fourth-order valence-electron chi connectivity index (χ4n) is 3.90. The summed E-state index contributed by atoms with van der Waals surface area (Å²) in [6, 6.07) is 12.5. The third kappa shape index (κ3) is 4.74. The number of urea groups is 1. The number of nitrogens with zero attached hydrogens (tertiary/aromatic N) is 3. The number of rotatable bonds is 7. The Morgan fingerprint density at radius 1 is 1.14 bits per heavy atom. The van der Waals surface area contributed by atoms with Gasteiger partial charge in [-0.15, -0.1) is 0 Å². The summed E-state index contributed by atoms with van der Waals surface area (Å²) < 4.78 is 10.7. The Hall–Kier alpha value is -4.53. The van der Waals surface area contributed by atoms with Crippen LogP contribution in [0.5, 0.6) is 11.5 Å². The molecule has 0 aliphatic carbocycles. The molecule has 2 heterocycles. The second-order valence-corrected chi connectivity index (χ2v) is 8.01. The van der Waals surface area contributed by atoms with Gasteiger partial charge in [0.05, 0.1) is 43.5 Å². The molecule has 1 aliphatic rings. The minimum absolute atomic E-state index is 0.195. The number of pyridine rings is 1. The van der Waals surface area contributed by atoms with Gasteiger partial charge in [0, 0.05) is 43.1 Å². The van der Waals surface area contributed by atoms with Gasteiger partial charge in [-0.05, 0) is 24.6 Å². The molecule has 0 saturated heterocycles. The van der Waals surface area contributed by atoms with E-state index < -0.39 is 0 Å². The summed E-state index contributed by atoms with van der Waals surface area (Å²) in [7, 11) is 4.86. The molecule has 1 aromatic heterocycles. The molecule has 1 aliphatic heterocycles. The SMILES string of the molecule is C=CC(=O)Nc1cccc(C)c1Nc1cc2c(cn1)CN(c1cc(OC)cc(OC)c1)C(=O)N2C. The van der Waals surface area contributed by atoms with Crippen molar-refractivity contribution in [2.75, 3.05) is 41.7 Å². The van der Waals surface area contributed by atoms with Crippen LogP contribution >= 0.6 is 0 Å². The molecule has 0 saturated carbocycles. The fourth-order valence-corrected chi connectivity index (χ4v) is 3.90. The third-order valence-corrected chi connectivity index (χ3v) is 5.79. The molecule has 0 atom stereocenters. The molecular formula is C26H27N5O4. The van der Waals surface area contributed by atoms with Crippen molar-refractivity contribution in [2.24, 2.45) is 0 Å². The molecule has 2 aromatic carbocycles. The summed E-state index contributed by atoms with van der Waals surface area (Å²) in [5.74, 6) is 1.42. The number of hydrogen-bond donors (Lipinski definition) is 2. The van der Waals surface area contributed by atoms with Crippen molar-refractivity contribution in [1.82, 2.24) is 4.98 Å². The first-order valence-electron chi connectivity index (χ1n) is 10.9. The minimum atomic E-state index is -0.309. The van der Waals surface area contributed by atoms with Gasteiger partial charge in [-0.25, -0.2) is 9.78 Å². The maximum Gasteiger partial charge on any atom is 0.329 e. The van der Waals surface area contributed by atoms with Crippen molar-refractivity contribution in [3.63, 3.8) is 0 Å². The summed E-state index contributed by atoms with van der Waals surface area (Å²) in [6.07, 6.45) is 2.96. The fraction of sp³-hybridized carbons (Fsp3) is 0.192. The number of ether oxygens (including phenoxy) is 2. The molecule has 9 heteroatoms. The van der Waals surface area contributed by atoms with Gasteiger partial charge in [-0.1, -0.05) is 18.7 Å². The number of nitrogens with one attached hydrogen (secondary N) is 2. The molecule has 3 amide bonds. The number of amides is 3. The van der Waals surface area contributed by atoms with Crippen LogP contribution < -0.4 is 29.9 Å². The lowest BCUT2D eigenvalue weighted by Crippen LogP contribution is -2.45. The largest absolute Gasteiger partial charge is 0.497 e. The Morgan fingerprint density at radius 2 is 1.86 bits per heavy atom. The molecule has 180 valence electrons. The molecule has 0 fully saturated rings. The average molecular weight is 474 g/mol. The number of carbonyl (C=O) groups is 2. The lowest BCUT2D eigenvalue weighted by atomic mass is 10.1. The maximum atomic E-state index is 13.3. The first-order chi connectivity index (χ1) is 16.8. The van der Waals surface area contributed by atoms with Crippen LogP contribution in [-0.4, -0.2) is 38.2 Å². The predicted octanol–water partition coefficient (Wildman–Crippen LogP) is 4.85. The Balaban J connectivity index is 1.65. The number of hydrogen-bond acceptors (Lipinski definition) is 6. The van der Waals surface area contributed by atoms with Crippen LogP contribution in [0.15, 0.2) is 61.3 Å². The van der Waals surface area contributed by atoms with E-state index in [4.69, 9.17) is 9.47 Å². The third-order valence-electron chi connectivity index (χ3n) is 5.79. The van der Waals surface area contributed by atoms with Crippen LogP contribution in [0, 0.1) is 6.92 Å². The van der Waals surface area contributed by atoms with Crippen LogP contribution in [-0.2, 0) is 11.3 Å². The number of benzene rings is 2. The van der Waals surface area contributed by atoms with Gasteiger partial charge in [0.25, 0.3) is 0 Å². The smallest absolute Gasteiger partial charge is 0.329 e. The molecular weight excluding hydrogens is 446 g/mol. The zero-order chi connectivity index (χ0) is 25.1. The van der Waals surface area contributed by atoms with E-state index >= 15 is 0 Å². The van der Waals surface area contributed by atoms with E-state index in [9.17, 15) is 9.59 Å². The topological polar surface area (TPSA) is 96.0 Å². The highest BCUT2D eigenvalue weighted by atomic mass is 16.5. The van der Waals surface area contributed by atoms with E-state index in [2.05, 4.69) is 22.2 Å². The highest BCUT2D eigenvalue weighted by molar-refractivity contribution is 6.06. The molecule has 3 aromatic rings. The summed E-state index contributed by atoms with van der Waals surface area (Å²) in [5.41, 5.74) is 4.53. The standard InChI is InChI=1S/C26H27N5O4/c1-6-24(32)28-21-9-7-8-16(2)25(21)29-23-13-22-17(14-27-23)15-31(26(33)30(22)3)18-10-19(34-4)12-20(11-18)35-5/h6-14H,1,15H2,2-5H3,(H,27,29)(H,28,32). The van der Waals surface area contributed by atoms with Crippen LogP contribution in [0.4, 0.5) is 33.4 Å². The molecule has 0 spiro atoms. The number of fused-ring (bicyclic) bond motifs is 1. The summed E-state index contributed by atoms with van der Waals surface area (Å²) in [6.45, 7) is 5.77. The van der Waals surface area contributed by atoms with Gasteiger partial charge < -0.3 is 20.1 Å². The maximum absolute atomic E-state index is 13.3. The average Bonchev–Trinajstić information content (AvgIpc) is 2.87. The van der Waals surface area contributed by atoms with E-state index in [1.165, 1.54) is 6.08 Å². The van der Waals surface area contributed by atoms with Crippen LogP contribution in [0.25, 0.3) is 0 Å². The summed E-state index contributed by atoms with van der Waals surface area (Å²) in [5, 5.41) is 6.09. The second-order valence-electron chi connectivity index (χ2n) is 8.01. The van der Waals surface area contributed by atoms with Crippen molar-refractivity contribution < 1.29 is 19.1 Å². The van der Waals surface area contributed by atoms with Gasteiger partial charge in [-0.2, -0.15) is 0 Å². The van der Waals surface area contributed by atoms with Crippen LogP contribution in [0.1, 0.15) is 11.1 Å². The van der Waals surface area contributed by atoms with Crippen molar-refractivity contribution in [3.8, 4) is 11.5 Å². The number of para-hydroxylation sites is 1. The number of anilines is 5. The van der Waals surface area contributed by atoms with Gasteiger partial charge in [0.2, 0.25) is 5.91 Å². The lowest BCUT2D eigenvalue weighted by molar-refractivity contribution is -0.111. The molecule has 0 bridgehead atoms. The number of carbonyl (C=O) groups excluding carboxylic acids is 2. The lowest BCUT2D eigenvalue weighted by Gasteiger charge is -2.35. The zero-order valence-corrected chi connectivity index (χ0v) is 20.1. The molecule has 0 radical (unpaired) electrons. The highest BCUT2D eigenvalue weighted by Crippen LogP contribution is 2.36. The highest BCUT2D eigenvalue weighted by Gasteiger charge is 2.30. The van der Waals surface area contributed by atoms with Crippen molar-refractivity contribution >= 4 is 40.5 Å². The molecule has 0 unspecified atom stereocenters. The predicted molar refractivity (Wildman–Crippen MR) is 137 cm³/mol. The summed E-state index contributed by atoms with van der Waals surface area (Å²) in [4.78, 5) is 32.9. The van der Waals surface area contributed by atoms with Crippen molar-refractivity contribution in [1.29, 1.82) is 0 Å². The minimum Gasteiger partial charge on any atom is -0.497 e. The van der Waals surface area contributed by atoms with E-state index in [0.717, 1.165) is 16.8 Å². The molecule has 4 rings (SSSR count). The van der Waals surface area contributed by atoms with Gasteiger partial charge in [0.1, 0.15) is 17.3 Å². The quantitative estimate of drug-likeness (QED) is 0.476. The van der Waals surface area contributed by atoms with Crippen molar-refractivity contribution in [3.05, 3.63) is 72.4 Å². The monoisotopic (exact) mass is 473 g/mol. The van der Waals surface area contributed by atoms with E-state index in [1.54, 1.807) is 61.5 Å². The Morgan fingerprint density at radius 3 is 2.51 bits per heavy atom. The molecule has 2 N–H and O–H groups in total. The Kier molecular flexibility index (Phi) is 6.59. The number of aromatic nitrogens is 1. The van der Waals surface area contributed by atoms with E-state index in [1.807, 2.05) is 25.1 Å². The van der Waals surface area contributed by atoms with Crippen molar-refractivity contribution in [2.45, 2.75) is 13.5 Å². The number of methoxy groups -OCH3 is 2. The van der Waals surface area contributed by atoms with Crippen LogP contribution in [0.2, 0.25) is 0 Å². The van der Waals surface area contributed by atoms with Gasteiger partial charge in [0.15, 0.2) is 0 Å². The molecule has 9 nitrogen and oxygen atoms in total. The van der Waals surface area contributed by atoms with Gasteiger partial charge >= 0.3 is 6.03 Å².